The first-order chi connectivity index (χ1) is 7.27. The van der Waals surface area contributed by atoms with Crippen molar-refractivity contribution < 1.29 is 4.74 Å². The smallest absolute Gasteiger partial charge is 0.261 e. The van der Waals surface area contributed by atoms with Crippen LogP contribution in [0.5, 0.6) is 5.88 Å². The van der Waals surface area contributed by atoms with Crippen LogP contribution in [0.25, 0.3) is 10.8 Å². The standard InChI is InChI=1S/C12H11NO2/c1-8-7-15-11-6-9-4-2-3-5-10(9)12(14)13(8)11/h2-6,8H,7H2,1H3/t8-/m1/s1. The Kier molecular flexibility index (Phi) is 1.63. The molecule has 0 aliphatic carbocycles. The minimum absolute atomic E-state index is 0.0492. The second kappa shape index (κ2) is 2.86. The number of rotatable bonds is 0. The summed E-state index contributed by atoms with van der Waals surface area (Å²) in [6, 6.07) is 9.67. The minimum Gasteiger partial charge on any atom is -0.477 e. The predicted octanol–water partition coefficient (Wildman–Crippen LogP) is 1.95. The van der Waals surface area contributed by atoms with Crippen molar-refractivity contribution in [3.05, 3.63) is 40.7 Å². The van der Waals surface area contributed by atoms with Crippen LogP contribution in [0, 0.1) is 0 Å². The molecular formula is C12H11NO2. The van der Waals surface area contributed by atoms with Gasteiger partial charge >= 0.3 is 0 Å². The quantitative estimate of drug-likeness (QED) is 0.652. The number of aromatic nitrogens is 1. The normalized spacial score (nSPS) is 18.9. The van der Waals surface area contributed by atoms with Gasteiger partial charge in [0.1, 0.15) is 6.61 Å². The summed E-state index contributed by atoms with van der Waals surface area (Å²) in [6.07, 6.45) is 0. The Hall–Kier alpha value is -1.77. The Labute approximate surface area is 86.9 Å². The van der Waals surface area contributed by atoms with E-state index in [1.54, 1.807) is 4.57 Å². The first kappa shape index (κ1) is 8.53. The molecule has 1 aliphatic heterocycles. The highest BCUT2D eigenvalue weighted by molar-refractivity contribution is 5.82. The molecule has 1 aliphatic rings. The molecule has 2 heterocycles. The highest BCUT2D eigenvalue weighted by Crippen LogP contribution is 2.26. The van der Waals surface area contributed by atoms with Crippen molar-refractivity contribution in [2.75, 3.05) is 6.61 Å². The van der Waals surface area contributed by atoms with E-state index >= 15 is 0 Å². The molecule has 0 bridgehead atoms. The van der Waals surface area contributed by atoms with Crippen molar-refractivity contribution in [1.82, 2.24) is 4.57 Å². The van der Waals surface area contributed by atoms with Crippen LogP contribution in [0.3, 0.4) is 0 Å². The van der Waals surface area contributed by atoms with Crippen molar-refractivity contribution in [1.29, 1.82) is 0 Å². The SMILES string of the molecule is C[C@@H]1COc2cc3ccccc3c(=O)n21. The third kappa shape index (κ3) is 1.09. The molecule has 3 heteroatoms. The van der Waals surface area contributed by atoms with Gasteiger partial charge in [0.25, 0.3) is 5.56 Å². The van der Waals surface area contributed by atoms with E-state index in [4.69, 9.17) is 4.74 Å². The lowest BCUT2D eigenvalue weighted by molar-refractivity contribution is 0.336. The summed E-state index contributed by atoms with van der Waals surface area (Å²) >= 11 is 0. The van der Waals surface area contributed by atoms with Gasteiger partial charge in [-0.05, 0) is 18.4 Å². The Morgan fingerprint density at radius 1 is 1.40 bits per heavy atom. The summed E-state index contributed by atoms with van der Waals surface area (Å²) in [6.45, 7) is 2.58. The molecule has 0 fully saturated rings. The molecule has 15 heavy (non-hydrogen) atoms. The van der Waals surface area contributed by atoms with Crippen molar-refractivity contribution >= 4 is 10.8 Å². The number of hydrogen-bond acceptors (Lipinski definition) is 2. The summed E-state index contributed by atoms with van der Waals surface area (Å²) in [5, 5.41) is 1.71. The molecule has 0 spiro atoms. The first-order valence-electron chi connectivity index (χ1n) is 5.04. The molecule has 1 aromatic heterocycles. The zero-order valence-corrected chi connectivity index (χ0v) is 8.43. The molecule has 0 saturated carbocycles. The largest absolute Gasteiger partial charge is 0.477 e. The zero-order chi connectivity index (χ0) is 10.4. The van der Waals surface area contributed by atoms with Crippen molar-refractivity contribution in [2.24, 2.45) is 0 Å². The molecule has 1 aromatic carbocycles. The van der Waals surface area contributed by atoms with Gasteiger partial charge in [-0.25, -0.2) is 0 Å². The zero-order valence-electron chi connectivity index (χ0n) is 8.43. The molecular weight excluding hydrogens is 190 g/mol. The minimum atomic E-state index is 0.0492. The highest BCUT2D eigenvalue weighted by atomic mass is 16.5. The van der Waals surface area contributed by atoms with Crippen LogP contribution >= 0.6 is 0 Å². The average Bonchev–Trinajstić information content (AvgIpc) is 2.61. The lowest BCUT2D eigenvalue weighted by Gasteiger charge is -2.06. The first-order valence-corrected chi connectivity index (χ1v) is 5.04. The summed E-state index contributed by atoms with van der Waals surface area (Å²) in [5.41, 5.74) is 0.0492. The maximum atomic E-state index is 12.1. The second-order valence-corrected chi connectivity index (χ2v) is 3.91. The summed E-state index contributed by atoms with van der Waals surface area (Å²) < 4.78 is 7.19. The highest BCUT2D eigenvalue weighted by Gasteiger charge is 2.21. The molecule has 3 rings (SSSR count). The van der Waals surface area contributed by atoms with E-state index in [1.807, 2.05) is 37.3 Å². The Morgan fingerprint density at radius 3 is 3.07 bits per heavy atom. The van der Waals surface area contributed by atoms with Gasteiger partial charge in [-0.15, -0.1) is 0 Å². The maximum Gasteiger partial charge on any atom is 0.261 e. The Morgan fingerprint density at radius 2 is 2.20 bits per heavy atom. The molecule has 0 radical (unpaired) electrons. The third-order valence-electron chi connectivity index (χ3n) is 2.84. The van der Waals surface area contributed by atoms with Gasteiger partial charge in [-0.1, -0.05) is 18.2 Å². The molecule has 1 atom stereocenters. The van der Waals surface area contributed by atoms with Crippen LogP contribution in [-0.2, 0) is 0 Å². The van der Waals surface area contributed by atoms with Crippen LogP contribution < -0.4 is 10.3 Å². The molecule has 3 nitrogen and oxygen atoms in total. The van der Waals surface area contributed by atoms with Crippen LogP contribution in [0.4, 0.5) is 0 Å². The molecule has 2 aromatic rings. The monoisotopic (exact) mass is 201 g/mol. The lowest BCUT2D eigenvalue weighted by Crippen LogP contribution is -2.20. The maximum absolute atomic E-state index is 12.1. The number of fused-ring (bicyclic) bond motifs is 2. The van der Waals surface area contributed by atoms with E-state index in [-0.39, 0.29) is 11.6 Å². The molecule has 76 valence electrons. The van der Waals surface area contributed by atoms with Gasteiger partial charge in [-0.2, -0.15) is 0 Å². The second-order valence-electron chi connectivity index (χ2n) is 3.91. The fraction of sp³-hybridized carbons (Fsp3) is 0.250. The Bertz CT molecular complexity index is 586. The van der Waals surface area contributed by atoms with Gasteiger partial charge in [0.2, 0.25) is 0 Å². The molecule has 0 saturated heterocycles. The summed E-state index contributed by atoms with van der Waals surface area (Å²) in [7, 11) is 0. The van der Waals surface area contributed by atoms with Gasteiger partial charge in [-0.3, -0.25) is 9.36 Å². The van der Waals surface area contributed by atoms with Gasteiger partial charge in [0.15, 0.2) is 5.88 Å². The van der Waals surface area contributed by atoms with Crippen molar-refractivity contribution in [3.63, 3.8) is 0 Å². The van der Waals surface area contributed by atoms with Crippen LogP contribution in [0.2, 0.25) is 0 Å². The fourth-order valence-corrected chi connectivity index (χ4v) is 2.06. The number of ether oxygens (including phenoxy) is 1. The van der Waals surface area contributed by atoms with Gasteiger partial charge in [0, 0.05) is 11.5 Å². The number of pyridine rings is 1. The van der Waals surface area contributed by atoms with Crippen LogP contribution in [-0.4, -0.2) is 11.2 Å². The number of nitrogens with zero attached hydrogens (tertiary/aromatic N) is 1. The molecule has 0 N–H and O–H groups in total. The Balaban J connectivity index is 2.47. The lowest BCUT2D eigenvalue weighted by atomic mass is 10.1. The van der Waals surface area contributed by atoms with Crippen LogP contribution in [0.1, 0.15) is 13.0 Å². The predicted molar refractivity (Wildman–Crippen MR) is 58.4 cm³/mol. The average molecular weight is 201 g/mol. The number of benzene rings is 1. The van der Waals surface area contributed by atoms with Crippen LogP contribution in [0.15, 0.2) is 35.1 Å². The van der Waals surface area contributed by atoms with E-state index < -0.39 is 0 Å². The summed E-state index contributed by atoms with van der Waals surface area (Å²) in [5.74, 6) is 0.686. The van der Waals surface area contributed by atoms with Gasteiger partial charge in [0.05, 0.1) is 6.04 Å². The van der Waals surface area contributed by atoms with E-state index in [0.717, 1.165) is 10.8 Å². The third-order valence-corrected chi connectivity index (χ3v) is 2.84. The van der Waals surface area contributed by atoms with E-state index in [0.29, 0.717) is 12.5 Å². The van der Waals surface area contributed by atoms with E-state index in [1.165, 1.54) is 0 Å². The molecule has 0 unspecified atom stereocenters. The van der Waals surface area contributed by atoms with Crippen molar-refractivity contribution in [2.45, 2.75) is 13.0 Å². The van der Waals surface area contributed by atoms with E-state index in [2.05, 4.69) is 0 Å². The fourth-order valence-electron chi connectivity index (χ4n) is 2.06. The van der Waals surface area contributed by atoms with E-state index in [9.17, 15) is 4.79 Å². The van der Waals surface area contributed by atoms with Crippen molar-refractivity contribution in [3.8, 4) is 5.88 Å². The van der Waals surface area contributed by atoms with Gasteiger partial charge < -0.3 is 4.74 Å². The summed E-state index contributed by atoms with van der Waals surface area (Å²) in [4.78, 5) is 12.1. The topological polar surface area (TPSA) is 31.2 Å². The number of hydrogen-bond donors (Lipinski definition) is 0. The molecule has 0 amide bonds.